The number of hydrogen-bond acceptors (Lipinski definition) is 0. The number of benzene rings is 2. The number of unbranched alkanes of at least 4 members (excludes halogenated alkanes) is 2. The summed E-state index contributed by atoms with van der Waals surface area (Å²) in [5.74, 6) is 0. The summed E-state index contributed by atoms with van der Waals surface area (Å²) >= 11 is 1.81. The van der Waals surface area contributed by atoms with Gasteiger partial charge < -0.3 is 28.7 Å². The van der Waals surface area contributed by atoms with Crippen molar-refractivity contribution in [1.82, 2.24) is 0 Å². The Hall–Kier alpha value is -1.41. The van der Waals surface area contributed by atoms with Gasteiger partial charge in [0, 0.05) is 0 Å². The first kappa shape index (κ1) is 33.2. The Labute approximate surface area is 200 Å². The Bertz CT molecular complexity index is 694. The minimum Gasteiger partial charge on any atom is -0.168 e. The zero-order valence-electron chi connectivity index (χ0n) is 19.3. The second-order valence-corrected chi connectivity index (χ2v) is 6.02. The van der Waals surface area contributed by atoms with Gasteiger partial charge in [-0.15, -0.1) is 59.3 Å². The van der Waals surface area contributed by atoms with Crippen LogP contribution in [0.1, 0.15) is 39.5 Å². The average molecular weight is 451 g/mol. The average Bonchev–Trinajstić information content (AvgIpc) is 3.45. The molecule has 2 radical (unpaired) electrons. The van der Waals surface area contributed by atoms with Gasteiger partial charge in [-0.3, -0.25) is 0 Å². The van der Waals surface area contributed by atoms with Gasteiger partial charge in [0.05, 0.1) is 0 Å². The molecule has 0 atom stereocenters. The quantitative estimate of drug-likeness (QED) is 0.211. The van der Waals surface area contributed by atoms with E-state index in [1.54, 1.807) is 19.2 Å². The van der Waals surface area contributed by atoms with Crippen molar-refractivity contribution in [3.8, 4) is 0 Å². The molecule has 0 N–H and O–H groups in total. The zero-order chi connectivity index (χ0) is 21.0. The van der Waals surface area contributed by atoms with Gasteiger partial charge in [-0.25, -0.2) is 0 Å². The fourth-order valence-corrected chi connectivity index (χ4v) is 2.14. The summed E-state index contributed by atoms with van der Waals surface area (Å²) in [5, 5.41) is 5.32. The molecule has 4 aromatic carbocycles. The fraction of sp³-hybridized carbons (Fsp3) is 0.214. The summed E-state index contributed by atoms with van der Waals surface area (Å²) in [5.41, 5.74) is 0. The van der Waals surface area contributed by atoms with Crippen molar-refractivity contribution in [2.75, 3.05) is 0 Å². The molecule has 0 amide bonds. The molecule has 0 aromatic heterocycles. The van der Waals surface area contributed by atoms with Crippen LogP contribution in [-0.2, 0) is 19.2 Å². The van der Waals surface area contributed by atoms with Crippen LogP contribution in [0.3, 0.4) is 0 Å². The van der Waals surface area contributed by atoms with E-state index in [9.17, 15) is 0 Å². The summed E-state index contributed by atoms with van der Waals surface area (Å²) in [4.78, 5) is 0. The summed E-state index contributed by atoms with van der Waals surface area (Å²) < 4.78 is 0. The van der Waals surface area contributed by atoms with Crippen LogP contribution in [0.4, 0.5) is 0 Å². The molecular weight excluding hydrogens is 412 g/mol. The second kappa shape index (κ2) is 23.9. The monoisotopic (exact) mass is 450 g/mol. The summed E-state index contributed by atoms with van der Waals surface area (Å²) in [6, 6.07) is 29.3. The van der Waals surface area contributed by atoms with Crippen LogP contribution < -0.4 is 0 Å². The molecule has 2 heteroatoms. The van der Waals surface area contributed by atoms with Gasteiger partial charge in [0.1, 0.15) is 0 Å². The van der Waals surface area contributed by atoms with E-state index in [0.29, 0.717) is 0 Å². The molecule has 0 saturated carbocycles. The van der Waals surface area contributed by atoms with Crippen molar-refractivity contribution in [3.63, 3.8) is 0 Å². The van der Waals surface area contributed by atoms with Gasteiger partial charge in [0.15, 0.2) is 0 Å². The van der Waals surface area contributed by atoms with Crippen molar-refractivity contribution in [3.05, 3.63) is 114 Å². The summed E-state index contributed by atoms with van der Waals surface area (Å²) in [6.07, 6.45) is 4.56. The van der Waals surface area contributed by atoms with Crippen LogP contribution in [-0.4, -0.2) is 7.63 Å². The fourth-order valence-electron chi connectivity index (χ4n) is 2.14. The first-order valence-electron chi connectivity index (χ1n) is 9.81. The number of hydrogen-bond donors (Lipinski definition) is 0. The molecule has 0 heterocycles. The largest absolute Gasteiger partial charge is 0.168 e. The molecule has 0 aliphatic heterocycles. The molecule has 0 fully saturated rings. The van der Waals surface area contributed by atoms with Crippen molar-refractivity contribution in [2.45, 2.75) is 39.5 Å². The SMILES string of the molecule is [CH2-]CCC.[CH2-]CCC.[CH3-].[CH3-].[Si]=[Ti].c1ccc2[cH-]ccc2c1.c1ccc2[cH-]ccc2c1. The van der Waals surface area contributed by atoms with Crippen molar-refractivity contribution < 1.29 is 19.2 Å². The maximum absolute atomic E-state index is 3.60. The molecule has 0 nitrogen and oxygen atoms in total. The maximum Gasteiger partial charge on any atom is -0.0809 e. The van der Waals surface area contributed by atoms with Crippen LogP contribution in [0.2, 0.25) is 0 Å². The van der Waals surface area contributed by atoms with E-state index in [1.807, 2.05) is 0 Å². The smallest absolute Gasteiger partial charge is 0.0809 e. The van der Waals surface area contributed by atoms with Crippen LogP contribution in [0.25, 0.3) is 21.5 Å². The van der Waals surface area contributed by atoms with E-state index in [1.165, 1.54) is 34.4 Å². The Balaban J connectivity index is -0.000000329. The van der Waals surface area contributed by atoms with E-state index in [0.717, 1.165) is 12.8 Å². The third-order valence-electron chi connectivity index (χ3n) is 3.80. The molecule has 0 bridgehead atoms. The van der Waals surface area contributed by atoms with Crippen molar-refractivity contribution >= 4 is 29.2 Å². The molecular formula is C28H38SiTi-6. The predicted molar refractivity (Wildman–Crippen MR) is 138 cm³/mol. The van der Waals surface area contributed by atoms with E-state index in [2.05, 4.69) is 120 Å². The van der Waals surface area contributed by atoms with E-state index >= 15 is 0 Å². The normalized spacial score (nSPS) is 8.23. The minimum absolute atomic E-state index is 0. The second-order valence-electron chi connectivity index (χ2n) is 6.02. The number of rotatable bonds is 2. The standard InChI is InChI=1S/2C9H7.2C4H9.2CH3.Si.Ti/c2*1-2-5-9-7-3-6-8(9)4-1;2*1-3-4-2;;;;/h2*1-7H;2*1,3-4H2,2H3;2*1H3;;/q6*-1;;. The van der Waals surface area contributed by atoms with Crippen LogP contribution >= 0.6 is 0 Å². The Morgan fingerprint density at radius 1 is 0.667 bits per heavy atom. The molecule has 30 heavy (non-hydrogen) atoms. The molecule has 0 spiro atoms. The predicted octanol–water partition coefficient (Wildman–Crippen LogP) is 8.88. The van der Waals surface area contributed by atoms with Crippen LogP contribution in [0.5, 0.6) is 0 Å². The van der Waals surface area contributed by atoms with Gasteiger partial charge >= 0.3 is 26.8 Å². The summed E-state index contributed by atoms with van der Waals surface area (Å²) in [6.45, 7) is 11.4. The first-order chi connectivity index (χ1) is 13.8. The minimum atomic E-state index is 0. The molecule has 0 saturated heterocycles. The maximum atomic E-state index is 3.60. The van der Waals surface area contributed by atoms with Crippen LogP contribution in [0.15, 0.2) is 84.9 Å². The summed E-state index contributed by atoms with van der Waals surface area (Å²) in [7, 11) is 2.97. The Morgan fingerprint density at radius 3 is 1.23 bits per heavy atom. The molecule has 4 rings (SSSR count). The van der Waals surface area contributed by atoms with Gasteiger partial charge in [0.2, 0.25) is 0 Å². The van der Waals surface area contributed by atoms with Gasteiger partial charge in [-0.1, -0.05) is 38.8 Å². The molecule has 0 unspecified atom stereocenters. The van der Waals surface area contributed by atoms with Crippen molar-refractivity contribution in [1.29, 1.82) is 0 Å². The molecule has 164 valence electrons. The van der Waals surface area contributed by atoms with E-state index in [4.69, 9.17) is 0 Å². The van der Waals surface area contributed by atoms with Gasteiger partial charge in [-0.2, -0.15) is 47.9 Å². The van der Waals surface area contributed by atoms with Crippen molar-refractivity contribution in [2.24, 2.45) is 0 Å². The Morgan fingerprint density at radius 2 is 0.967 bits per heavy atom. The third kappa shape index (κ3) is 14.6. The zero-order valence-corrected chi connectivity index (χ0v) is 21.9. The van der Waals surface area contributed by atoms with E-state index < -0.39 is 0 Å². The molecule has 4 aromatic rings. The molecule has 0 aliphatic rings. The number of fused-ring (bicyclic) bond motifs is 2. The van der Waals surface area contributed by atoms with Crippen LogP contribution in [0, 0.1) is 28.7 Å². The topological polar surface area (TPSA) is 0 Å². The van der Waals surface area contributed by atoms with E-state index in [-0.39, 0.29) is 14.9 Å². The molecule has 0 aliphatic carbocycles. The Kier molecular flexibility index (Phi) is 26.4. The van der Waals surface area contributed by atoms with Gasteiger partial charge in [-0.05, 0) is 0 Å². The van der Waals surface area contributed by atoms with Gasteiger partial charge in [0.25, 0.3) is 0 Å². The first-order valence-corrected chi connectivity index (χ1v) is 12.6. The third-order valence-corrected chi connectivity index (χ3v) is 3.80.